The lowest BCUT2D eigenvalue weighted by molar-refractivity contribution is 0.572. The Labute approximate surface area is 129 Å². The maximum atomic E-state index is 3.65. The molecule has 2 rings (SSSR count). The van der Waals surface area contributed by atoms with Crippen LogP contribution in [0.1, 0.15) is 52.7 Å². The highest BCUT2D eigenvalue weighted by Crippen LogP contribution is 2.39. The van der Waals surface area contributed by atoms with Crippen molar-refractivity contribution in [2.75, 3.05) is 5.32 Å². The zero-order valence-corrected chi connectivity index (χ0v) is 14.1. The average molecular weight is 281 g/mol. The molecule has 1 nitrogen and oxygen atoms in total. The first-order chi connectivity index (χ1) is 9.69. The summed E-state index contributed by atoms with van der Waals surface area (Å²) < 4.78 is 0. The van der Waals surface area contributed by atoms with E-state index in [4.69, 9.17) is 0 Å². The minimum absolute atomic E-state index is 0.109. The number of hydrogen-bond acceptors (Lipinski definition) is 1. The number of para-hydroxylation sites is 2. The first-order valence-electron chi connectivity index (χ1n) is 7.65. The fourth-order valence-electron chi connectivity index (χ4n) is 2.60. The molecule has 0 heterocycles. The van der Waals surface area contributed by atoms with Crippen molar-refractivity contribution in [3.63, 3.8) is 0 Å². The molecular weight excluding hydrogens is 254 g/mol. The van der Waals surface area contributed by atoms with Gasteiger partial charge in [0.15, 0.2) is 0 Å². The Morgan fingerprint density at radius 2 is 1.10 bits per heavy atom. The van der Waals surface area contributed by atoms with Crippen molar-refractivity contribution >= 4 is 11.4 Å². The molecule has 0 amide bonds. The molecular formula is C20H27N. The highest BCUT2D eigenvalue weighted by atomic mass is 14.9. The lowest BCUT2D eigenvalue weighted by atomic mass is 9.78. The van der Waals surface area contributed by atoms with Gasteiger partial charge in [-0.3, -0.25) is 0 Å². The minimum atomic E-state index is 0.109. The first kappa shape index (κ1) is 15.6. The molecule has 0 aromatic heterocycles. The quantitative estimate of drug-likeness (QED) is 0.709. The lowest BCUT2D eigenvalue weighted by Crippen LogP contribution is -2.19. The minimum Gasteiger partial charge on any atom is -0.355 e. The SMILES string of the molecule is CC(C)(C)c1cccc(C(C)(C)C)c1Nc1ccccc1. The molecule has 21 heavy (non-hydrogen) atoms. The Morgan fingerprint density at radius 1 is 0.619 bits per heavy atom. The van der Waals surface area contributed by atoms with Gasteiger partial charge in [-0.1, -0.05) is 77.9 Å². The molecule has 0 spiro atoms. The largest absolute Gasteiger partial charge is 0.355 e. The van der Waals surface area contributed by atoms with E-state index in [2.05, 4.69) is 89.3 Å². The Morgan fingerprint density at radius 3 is 1.52 bits per heavy atom. The second kappa shape index (κ2) is 5.55. The highest BCUT2D eigenvalue weighted by molar-refractivity contribution is 5.69. The third kappa shape index (κ3) is 3.66. The van der Waals surface area contributed by atoms with Gasteiger partial charge in [-0.2, -0.15) is 0 Å². The summed E-state index contributed by atoms with van der Waals surface area (Å²) in [5.74, 6) is 0. The molecule has 1 N–H and O–H groups in total. The van der Waals surface area contributed by atoms with Crippen LogP contribution in [0.5, 0.6) is 0 Å². The highest BCUT2D eigenvalue weighted by Gasteiger charge is 2.25. The standard InChI is InChI=1S/C20H27N/c1-19(2,3)16-13-10-14-17(20(4,5)6)18(16)21-15-11-8-7-9-12-15/h7-14,21H,1-6H3. The Bertz CT molecular complexity index is 566. The molecule has 0 unspecified atom stereocenters. The van der Waals surface area contributed by atoms with E-state index in [-0.39, 0.29) is 10.8 Å². The fourth-order valence-corrected chi connectivity index (χ4v) is 2.60. The molecule has 112 valence electrons. The van der Waals surface area contributed by atoms with E-state index in [0.29, 0.717) is 0 Å². The van der Waals surface area contributed by atoms with Gasteiger partial charge in [-0.15, -0.1) is 0 Å². The van der Waals surface area contributed by atoms with Gasteiger partial charge in [0, 0.05) is 11.4 Å². The first-order valence-corrected chi connectivity index (χ1v) is 7.65. The summed E-state index contributed by atoms with van der Waals surface area (Å²) >= 11 is 0. The van der Waals surface area contributed by atoms with Crippen molar-refractivity contribution in [2.24, 2.45) is 0 Å². The summed E-state index contributed by atoms with van der Waals surface area (Å²) in [6.45, 7) is 13.6. The molecule has 2 aromatic rings. The van der Waals surface area contributed by atoms with Crippen molar-refractivity contribution < 1.29 is 0 Å². The summed E-state index contributed by atoms with van der Waals surface area (Å²) in [5.41, 5.74) is 5.33. The molecule has 0 fully saturated rings. The van der Waals surface area contributed by atoms with Crippen LogP contribution in [-0.4, -0.2) is 0 Å². The Balaban J connectivity index is 2.59. The predicted molar refractivity (Wildman–Crippen MR) is 93.6 cm³/mol. The van der Waals surface area contributed by atoms with Crippen LogP contribution in [0.15, 0.2) is 48.5 Å². The molecule has 0 aliphatic rings. The molecule has 0 bridgehead atoms. The fraction of sp³-hybridized carbons (Fsp3) is 0.400. The van der Waals surface area contributed by atoms with Gasteiger partial charge >= 0.3 is 0 Å². The molecule has 2 aromatic carbocycles. The van der Waals surface area contributed by atoms with Gasteiger partial charge < -0.3 is 5.32 Å². The van der Waals surface area contributed by atoms with Crippen LogP contribution in [0, 0.1) is 0 Å². The summed E-state index contributed by atoms with van der Waals surface area (Å²) in [4.78, 5) is 0. The second-order valence-electron chi connectivity index (χ2n) is 7.72. The maximum absolute atomic E-state index is 3.65. The number of rotatable bonds is 2. The lowest BCUT2D eigenvalue weighted by Gasteiger charge is -2.30. The third-order valence-electron chi connectivity index (χ3n) is 3.72. The number of anilines is 2. The van der Waals surface area contributed by atoms with E-state index < -0.39 is 0 Å². The summed E-state index contributed by atoms with van der Waals surface area (Å²) in [5, 5.41) is 3.65. The zero-order chi connectivity index (χ0) is 15.7. The van der Waals surface area contributed by atoms with Crippen LogP contribution in [0.25, 0.3) is 0 Å². The average Bonchev–Trinajstić information content (AvgIpc) is 2.37. The van der Waals surface area contributed by atoms with E-state index >= 15 is 0 Å². The van der Waals surface area contributed by atoms with E-state index in [1.54, 1.807) is 0 Å². The summed E-state index contributed by atoms with van der Waals surface area (Å²) in [7, 11) is 0. The van der Waals surface area contributed by atoms with Gasteiger partial charge in [-0.05, 0) is 34.1 Å². The van der Waals surface area contributed by atoms with Crippen molar-refractivity contribution in [1.29, 1.82) is 0 Å². The molecule has 1 heteroatoms. The van der Waals surface area contributed by atoms with Crippen LogP contribution >= 0.6 is 0 Å². The van der Waals surface area contributed by atoms with Crippen LogP contribution in [-0.2, 0) is 10.8 Å². The van der Waals surface area contributed by atoms with Crippen molar-refractivity contribution in [3.8, 4) is 0 Å². The van der Waals surface area contributed by atoms with Gasteiger partial charge in [0.2, 0.25) is 0 Å². The molecule has 0 saturated carbocycles. The Kier molecular flexibility index (Phi) is 4.13. The molecule has 0 aliphatic heterocycles. The third-order valence-corrected chi connectivity index (χ3v) is 3.72. The number of benzene rings is 2. The van der Waals surface area contributed by atoms with Crippen molar-refractivity contribution in [3.05, 3.63) is 59.7 Å². The smallest absolute Gasteiger partial charge is 0.0460 e. The maximum Gasteiger partial charge on any atom is 0.0460 e. The number of nitrogens with one attached hydrogen (secondary N) is 1. The van der Waals surface area contributed by atoms with Crippen LogP contribution in [0.4, 0.5) is 11.4 Å². The van der Waals surface area contributed by atoms with Gasteiger partial charge in [0.25, 0.3) is 0 Å². The number of hydrogen-bond donors (Lipinski definition) is 1. The van der Waals surface area contributed by atoms with Gasteiger partial charge in [0.1, 0.15) is 0 Å². The normalized spacial score (nSPS) is 12.3. The van der Waals surface area contributed by atoms with Crippen LogP contribution in [0.2, 0.25) is 0 Å². The monoisotopic (exact) mass is 281 g/mol. The van der Waals surface area contributed by atoms with Crippen LogP contribution < -0.4 is 5.32 Å². The molecule has 0 atom stereocenters. The molecule has 0 saturated heterocycles. The Hall–Kier alpha value is -1.76. The molecule has 0 aliphatic carbocycles. The topological polar surface area (TPSA) is 12.0 Å². The van der Waals surface area contributed by atoms with E-state index in [1.165, 1.54) is 16.8 Å². The zero-order valence-electron chi connectivity index (χ0n) is 14.1. The predicted octanol–water partition coefficient (Wildman–Crippen LogP) is 6.03. The van der Waals surface area contributed by atoms with E-state index in [9.17, 15) is 0 Å². The van der Waals surface area contributed by atoms with Crippen molar-refractivity contribution in [1.82, 2.24) is 0 Å². The molecule has 0 radical (unpaired) electrons. The van der Waals surface area contributed by atoms with Crippen molar-refractivity contribution in [2.45, 2.75) is 52.4 Å². The van der Waals surface area contributed by atoms with Crippen LogP contribution in [0.3, 0.4) is 0 Å². The summed E-state index contributed by atoms with van der Waals surface area (Å²) in [6.07, 6.45) is 0. The van der Waals surface area contributed by atoms with E-state index in [0.717, 1.165) is 5.69 Å². The second-order valence-corrected chi connectivity index (χ2v) is 7.72. The van der Waals surface area contributed by atoms with Gasteiger partial charge in [0.05, 0.1) is 0 Å². The van der Waals surface area contributed by atoms with Gasteiger partial charge in [-0.25, -0.2) is 0 Å². The summed E-state index contributed by atoms with van der Waals surface area (Å²) in [6, 6.07) is 17.1. The van der Waals surface area contributed by atoms with E-state index in [1.807, 2.05) is 6.07 Å².